The molecule has 6 heteroatoms. The Morgan fingerprint density at radius 1 is 1.33 bits per heavy atom. The molecular weight excluding hydrogens is 307 g/mol. The smallest absolute Gasteiger partial charge is 0.150 e. The number of nitriles is 1. The summed E-state index contributed by atoms with van der Waals surface area (Å²) in [7, 11) is 0. The Morgan fingerprint density at radius 2 is 2.21 bits per heavy atom. The minimum Gasteiger partial charge on any atom is -0.377 e. The highest BCUT2D eigenvalue weighted by Gasteiger charge is 2.46. The molecule has 4 rings (SSSR count). The van der Waals surface area contributed by atoms with Crippen molar-refractivity contribution in [2.24, 2.45) is 0 Å². The molecule has 1 N–H and O–H groups in total. The monoisotopic (exact) mass is 320 g/mol. The fraction of sp³-hybridized carbons (Fsp3) is 0.167. The van der Waals surface area contributed by atoms with Crippen molar-refractivity contribution >= 4 is 0 Å². The van der Waals surface area contributed by atoms with Crippen molar-refractivity contribution in [3.05, 3.63) is 83.5 Å². The predicted molar refractivity (Wildman–Crippen MR) is 83.3 cm³/mol. The van der Waals surface area contributed by atoms with E-state index in [1.807, 2.05) is 6.07 Å². The van der Waals surface area contributed by atoms with E-state index in [0.29, 0.717) is 17.0 Å². The second-order valence-corrected chi connectivity index (χ2v) is 5.83. The summed E-state index contributed by atoms with van der Waals surface area (Å²) < 4.78 is 16.2. The Morgan fingerprint density at radius 3 is 2.92 bits per heavy atom. The van der Waals surface area contributed by atoms with E-state index in [9.17, 15) is 9.50 Å². The number of rotatable bonds is 2. The summed E-state index contributed by atoms with van der Waals surface area (Å²) >= 11 is 0. The molecule has 0 aliphatic carbocycles. The van der Waals surface area contributed by atoms with Crippen LogP contribution in [0.2, 0.25) is 0 Å². The van der Waals surface area contributed by atoms with E-state index in [1.165, 1.54) is 6.07 Å². The van der Waals surface area contributed by atoms with E-state index in [0.717, 1.165) is 0 Å². The number of halogens is 1. The maximum absolute atomic E-state index is 14.5. The van der Waals surface area contributed by atoms with Gasteiger partial charge in [0.15, 0.2) is 5.60 Å². The number of hydrogen-bond acceptors (Lipinski definition) is 4. The number of imidazole rings is 1. The lowest BCUT2D eigenvalue weighted by atomic mass is 9.89. The summed E-state index contributed by atoms with van der Waals surface area (Å²) in [5, 5.41) is 20.1. The summed E-state index contributed by atoms with van der Waals surface area (Å²) in [5.41, 5.74) is 0.432. The van der Waals surface area contributed by atoms with Crippen LogP contribution in [-0.2, 0) is 5.60 Å². The highest BCUT2D eigenvalue weighted by Crippen LogP contribution is 2.46. The van der Waals surface area contributed by atoms with Gasteiger partial charge in [0.05, 0.1) is 41.6 Å². The Bertz CT molecular complexity index is 947. The number of nitrogens with zero attached hydrogens (tertiary/aromatic N) is 4. The fourth-order valence-electron chi connectivity index (χ4n) is 3.33. The number of hydrogen-bond donors (Lipinski definition) is 1. The number of aromatic nitrogens is 3. The van der Waals surface area contributed by atoms with Crippen LogP contribution in [0.5, 0.6) is 0 Å². The molecule has 1 aliphatic heterocycles. The normalized spacial score (nSPS) is 22.1. The quantitative estimate of drug-likeness (QED) is 0.787. The molecule has 3 heterocycles. The Kier molecular flexibility index (Phi) is 3.18. The molecule has 3 aromatic rings. The molecule has 0 amide bonds. The minimum absolute atomic E-state index is 0.255. The SMILES string of the molecule is N#Cc1ccc(C2CC(O)(c3ccccn3)c3cncn32)c(F)c1. The molecule has 5 nitrogen and oxygen atoms in total. The number of benzene rings is 1. The van der Waals surface area contributed by atoms with Crippen LogP contribution in [-0.4, -0.2) is 19.6 Å². The second-order valence-electron chi connectivity index (χ2n) is 5.83. The summed E-state index contributed by atoms with van der Waals surface area (Å²) in [6, 6.07) is 11.2. The third-order valence-electron chi connectivity index (χ3n) is 4.49. The first kappa shape index (κ1) is 14.5. The molecule has 1 aliphatic rings. The molecular formula is C18H13FN4O. The third-order valence-corrected chi connectivity index (χ3v) is 4.49. The van der Waals surface area contributed by atoms with Crippen molar-refractivity contribution in [1.29, 1.82) is 5.26 Å². The number of pyridine rings is 1. The second kappa shape index (κ2) is 5.25. The van der Waals surface area contributed by atoms with Crippen LogP contribution in [0.15, 0.2) is 55.1 Å². The van der Waals surface area contributed by atoms with Gasteiger partial charge in [-0.25, -0.2) is 9.37 Å². The molecule has 2 aromatic heterocycles. The maximum Gasteiger partial charge on any atom is 0.150 e. The number of fused-ring (bicyclic) bond motifs is 1. The van der Waals surface area contributed by atoms with E-state index >= 15 is 0 Å². The molecule has 2 atom stereocenters. The van der Waals surface area contributed by atoms with Crippen LogP contribution in [0, 0.1) is 17.1 Å². The zero-order valence-corrected chi connectivity index (χ0v) is 12.6. The van der Waals surface area contributed by atoms with Crippen molar-refractivity contribution in [2.45, 2.75) is 18.1 Å². The van der Waals surface area contributed by atoms with Crippen molar-refractivity contribution in [1.82, 2.24) is 14.5 Å². The molecule has 0 radical (unpaired) electrons. The molecule has 1 aromatic carbocycles. The summed E-state index contributed by atoms with van der Waals surface area (Å²) in [6.07, 6.45) is 5.03. The summed E-state index contributed by atoms with van der Waals surface area (Å²) in [6.45, 7) is 0. The van der Waals surface area contributed by atoms with Crippen LogP contribution in [0.25, 0.3) is 0 Å². The van der Waals surface area contributed by atoms with Crippen LogP contribution >= 0.6 is 0 Å². The molecule has 2 unspecified atom stereocenters. The average molecular weight is 320 g/mol. The van der Waals surface area contributed by atoms with Gasteiger partial charge in [0.2, 0.25) is 0 Å². The highest BCUT2D eigenvalue weighted by atomic mass is 19.1. The van der Waals surface area contributed by atoms with Gasteiger partial charge in [-0.3, -0.25) is 4.98 Å². The van der Waals surface area contributed by atoms with Crippen LogP contribution in [0.1, 0.15) is 35.0 Å². The van der Waals surface area contributed by atoms with Crippen LogP contribution in [0.3, 0.4) is 0 Å². The summed E-state index contributed by atoms with van der Waals surface area (Å²) in [4.78, 5) is 8.37. The Balaban J connectivity index is 1.83. The van der Waals surface area contributed by atoms with Gasteiger partial charge in [0, 0.05) is 18.2 Å². The predicted octanol–water partition coefficient (Wildman–Crippen LogP) is 2.52. The first-order valence-corrected chi connectivity index (χ1v) is 7.49. The van der Waals surface area contributed by atoms with Gasteiger partial charge in [-0.05, 0) is 24.3 Å². The minimum atomic E-state index is -1.33. The van der Waals surface area contributed by atoms with Gasteiger partial charge < -0.3 is 9.67 Å². The first-order valence-electron chi connectivity index (χ1n) is 7.49. The standard InChI is InChI=1S/C18H13FN4O/c19-14-7-12(9-20)4-5-13(14)15-8-18(24,16-3-1-2-6-22-16)17-10-21-11-23(15)17/h1-7,10-11,15,24H,8H2. The van der Waals surface area contributed by atoms with Gasteiger partial charge in [-0.2, -0.15) is 5.26 Å². The Hall–Kier alpha value is -3.04. The van der Waals surface area contributed by atoms with Crippen molar-refractivity contribution in [3.8, 4) is 6.07 Å². The van der Waals surface area contributed by atoms with Crippen LogP contribution in [0.4, 0.5) is 4.39 Å². The molecule has 0 spiro atoms. The van der Waals surface area contributed by atoms with Gasteiger partial charge >= 0.3 is 0 Å². The van der Waals surface area contributed by atoms with Gasteiger partial charge in [0.25, 0.3) is 0 Å². The largest absolute Gasteiger partial charge is 0.377 e. The van der Waals surface area contributed by atoms with Gasteiger partial charge in [0.1, 0.15) is 5.82 Å². The molecule has 24 heavy (non-hydrogen) atoms. The zero-order valence-electron chi connectivity index (χ0n) is 12.6. The van der Waals surface area contributed by atoms with E-state index < -0.39 is 17.5 Å². The first-order chi connectivity index (χ1) is 11.6. The van der Waals surface area contributed by atoms with Crippen LogP contribution < -0.4 is 0 Å². The van der Waals surface area contributed by atoms with E-state index in [2.05, 4.69) is 9.97 Å². The maximum atomic E-state index is 14.5. The lowest BCUT2D eigenvalue weighted by Gasteiger charge is -2.22. The third kappa shape index (κ3) is 2.02. The number of aliphatic hydroxyl groups is 1. The van der Waals surface area contributed by atoms with Gasteiger partial charge in [-0.1, -0.05) is 12.1 Å². The topological polar surface area (TPSA) is 74.7 Å². The highest BCUT2D eigenvalue weighted by molar-refractivity contribution is 5.39. The van der Waals surface area contributed by atoms with E-state index in [1.54, 1.807) is 53.6 Å². The van der Waals surface area contributed by atoms with Crippen molar-refractivity contribution in [2.75, 3.05) is 0 Å². The molecule has 0 saturated carbocycles. The molecule has 0 bridgehead atoms. The lowest BCUT2D eigenvalue weighted by molar-refractivity contribution is 0.0746. The van der Waals surface area contributed by atoms with E-state index in [4.69, 9.17) is 5.26 Å². The Labute approximate surface area is 137 Å². The molecule has 118 valence electrons. The zero-order chi connectivity index (χ0) is 16.7. The summed E-state index contributed by atoms with van der Waals surface area (Å²) in [5.74, 6) is -0.469. The fourth-order valence-corrected chi connectivity index (χ4v) is 3.33. The van der Waals surface area contributed by atoms with Crippen molar-refractivity contribution in [3.63, 3.8) is 0 Å². The van der Waals surface area contributed by atoms with E-state index in [-0.39, 0.29) is 12.0 Å². The molecule has 0 saturated heterocycles. The molecule has 0 fully saturated rings. The lowest BCUT2D eigenvalue weighted by Crippen LogP contribution is -2.25. The van der Waals surface area contributed by atoms with Crippen molar-refractivity contribution < 1.29 is 9.50 Å². The van der Waals surface area contributed by atoms with Gasteiger partial charge in [-0.15, -0.1) is 0 Å². The average Bonchev–Trinajstić information content (AvgIpc) is 3.19.